The van der Waals surface area contributed by atoms with Crippen LogP contribution in [0.3, 0.4) is 0 Å². The third-order valence-electron chi connectivity index (χ3n) is 3.68. The minimum atomic E-state index is -0.736. The Kier molecular flexibility index (Phi) is 4.02. The van der Waals surface area contributed by atoms with Gasteiger partial charge in [-0.3, -0.25) is 9.36 Å². The molecule has 118 valence electrons. The summed E-state index contributed by atoms with van der Waals surface area (Å²) >= 11 is 1.07. The van der Waals surface area contributed by atoms with E-state index in [0.717, 1.165) is 11.8 Å². The average Bonchev–Trinajstić information content (AvgIpc) is 3.02. The van der Waals surface area contributed by atoms with E-state index in [2.05, 4.69) is 15.0 Å². The standard InChI is InChI=1S/C13H17N5O3S/c1-3-7-9(20)10(22-6(2)19)13(21-7)18-5-17-8-11(14)15-4-16-12(8)18/h4-5,7,9-10,13,20H,3H2,1-2H3,(H2,14,15,16)/t7-,9+,10?,13-/m1/s1. The molecule has 4 atom stereocenters. The third kappa shape index (κ3) is 2.44. The van der Waals surface area contributed by atoms with Gasteiger partial charge in [0.2, 0.25) is 0 Å². The number of anilines is 1. The lowest BCUT2D eigenvalue weighted by molar-refractivity contribution is -0.109. The van der Waals surface area contributed by atoms with Gasteiger partial charge in [-0.15, -0.1) is 0 Å². The summed E-state index contributed by atoms with van der Waals surface area (Å²) in [6, 6.07) is 0. The zero-order chi connectivity index (χ0) is 15.9. The maximum absolute atomic E-state index is 11.5. The van der Waals surface area contributed by atoms with Gasteiger partial charge in [-0.25, -0.2) is 15.0 Å². The summed E-state index contributed by atoms with van der Waals surface area (Å²) in [7, 11) is 0. The molecule has 0 bridgehead atoms. The van der Waals surface area contributed by atoms with Crippen LogP contribution in [0, 0.1) is 0 Å². The van der Waals surface area contributed by atoms with Gasteiger partial charge in [0.25, 0.3) is 0 Å². The highest BCUT2D eigenvalue weighted by atomic mass is 32.2. The lowest BCUT2D eigenvalue weighted by Gasteiger charge is -2.19. The molecule has 0 radical (unpaired) electrons. The van der Waals surface area contributed by atoms with Gasteiger partial charge < -0.3 is 15.6 Å². The second-order valence-electron chi connectivity index (χ2n) is 5.12. The second-order valence-corrected chi connectivity index (χ2v) is 6.48. The van der Waals surface area contributed by atoms with Gasteiger partial charge in [0.1, 0.15) is 11.8 Å². The first kappa shape index (κ1) is 15.2. The number of imidazole rings is 1. The molecule has 22 heavy (non-hydrogen) atoms. The zero-order valence-electron chi connectivity index (χ0n) is 12.2. The van der Waals surface area contributed by atoms with Gasteiger partial charge in [-0.05, 0) is 6.42 Å². The van der Waals surface area contributed by atoms with Gasteiger partial charge in [0.15, 0.2) is 22.8 Å². The first-order valence-corrected chi connectivity index (χ1v) is 7.84. The molecule has 1 unspecified atom stereocenters. The van der Waals surface area contributed by atoms with Gasteiger partial charge in [-0.2, -0.15) is 0 Å². The number of carbonyl (C=O) groups is 1. The van der Waals surface area contributed by atoms with Crippen molar-refractivity contribution in [2.75, 3.05) is 5.73 Å². The number of nitrogens with two attached hydrogens (primary N) is 1. The molecule has 8 nitrogen and oxygen atoms in total. The van der Waals surface area contributed by atoms with E-state index in [-0.39, 0.29) is 17.0 Å². The van der Waals surface area contributed by atoms with Crippen LogP contribution in [-0.2, 0) is 9.53 Å². The van der Waals surface area contributed by atoms with Crippen molar-refractivity contribution in [2.24, 2.45) is 0 Å². The molecule has 0 aromatic carbocycles. The number of thioether (sulfide) groups is 1. The zero-order valence-corrected chi connectivity index (χ0v) is 13.0. The number of aliphatic hydroxyl groups excluding tert-OH is 1. The average molecular weight is 323 g/mol. The molecule has 2 aromatic rings. The Labute approximate surface area is 131 Å². The Morgan fingerprint density at radius 2 is 2.27 bits per heavy atom. The number of rotatable bonds is 3. The van der Waals surface area contributed by atoms with Gasteiger partial charge in [0, 0.05) is 6.92 Å². The maximum atomic E-state index is 11.5. The van der Waals surface area contributed by atoms with Crippen LogP contribution in [0.5, 0.6) is 0 Å². The van der Waals surface area contributed by atoms with Crippen molar-refractivity contribution in [3.63, 3.8) is 0 Å². The van der Waals surface area contributed by atoms with Gasteiger partial charge >= 0.3 is 0 Å². The van der Waals surface area contributed by atoms with Crippen LogP contribution in [0.1, 0.15) is 26.5 Å². The normalized spacial score (nSPS) is 28.3. The Balaban J connectivity index is 2.03. The highest BCUT2D eigenvalue weighted by molar-refractivity contribution is 8.14. The van der Waals surface area contributed by atoms with Crippen molar-refractivity contribution in [3.05, 3.63) is 12.7 Å². The Morgan fingerprint density at radius 3 is 2.95 bits per heavy atom. The predicted octanol–water partition coefficient (Wildman–Crippen LogP) is 0.725. The van der Waals surface area contributed by atoms with Crippen LogP contribution in [0.2, 0.25) is 0 Å². The molecule has 1 fully saturated rings. The van der Waals surface area contributed by atoms with Crippen molar-refractivity contribution < 1.29 is 14.6 Å². The molecule has 3 heterocycles. The summed E-state index contributed by atoms with van der Waals surface area (Å²) in [5, 5.41) is 9.91. The van der Waals surface area contributed by atoms with Crippen molar-refractivity contribution in [2.45, 2.75) is 44.0 Å². The summed E-state index contributed by atoms with van der Waals surface area (Å²) in [5.74, 6) is 0.283. The highest BCUT2D eigenvalue weighted by Gasteiger charge is 2.45. The second kappa shape index (κ2) is 5.82. The van der Waals surface area contributed by atoms with Crippen molar-refractivity contribution in [1.29, 1.82) is 0 Å². The van der Waals surface area contributed by atoms with Crippen LogP contribution in [0.25, 0.3) is 11.2 Å². The Hall–Kier alpha value is -1.71. The molecule has 2 aromatic heterocycles. The number of aliphatic hydroxyl groups is 1. The van der Waals surface area contributed by atoms with Crippen molar-refractivity contribution in [1.82, 2.24) is 19.5 Å². The summed E-state index contributed by atoms with van der Waals surface area (Å²) in [4.78, 5) is 23.8. The van der Waals surface area contributed by atoms with E-state index in [0.29, 0.717) is 17.6 Å². The molecular weight excluding hydrogens is 306 g/mol. The van der Waals surface area contributed by atoms with Crippen LogP contribution in [0.4, 0.5) is 5.82 Å². The molecule has 1 aliphatic heterocycles. The Bertz CT molecular complexity index is 706. The first-order valence-electron chi connectivity index (χ1n) is 6.96. The minimum Gasteiger partial charge on any atom is -0.389 e. The summed E-state index contributed by atoms with van der Waals surface area (Å²) < 4.78 is 7.63. The predicted molar refractivity (Wildman–Crippen MR) is 82.0 cm³/mol. The van der Waals surface area contributed by atoms with E-state index in [1.165, 1.54) is 13.3 Å². The first-order chi connectivity index (χ1) is 10.5. The smallest absolute Gasteiger partial charge is 0.186 e. The fourth-order valence-corrected chi connectivity index (χ4v) is 3.66. The molecule has 0 spiro atoms. The summed E-state index contributed by atoms with van der Waals surface area (Å²) in [5.41, 5.74) is 6.79. The Morgan fingerprint density at radius 1 is 1.50 bits per heavy atom. The molecule has 0 aliphatic carbocycles. The number of carbonyl (C=O) groups excluding carboxylic acids is 1. The lowest BCUT2D eigenvalue weighted by Crippen LogP contribution is -2.29. The van der Waals surface area contributed by atoms with E-state index >= 15 is 0 Å². The molecule has 3 rings (SSSR count). The topological polar surface area (TPSA) is 116 Å². The van der Waals surface area contributed by atoms with Crippen LogP contribution >= 0.6 is 11.8 Å². The van der Waals surface area contributed by atoms with E-state index in [1.54, 1.807) is 10.9 Å². The van der Waals surface area contributed by atoms with Crippen molar-refractivity contribution >= 4 is 33.9 Å². The van der Waals surface area contributed by atoms with E-state index in [9.17, 15) is 9.90 Å². The monoisotopic (exact) mass is 323 g/mol. The number of fused-ring (bicyclic) bond motifs is 1. The number of ether oxygens (including phenoxy) is 1. The fourth-order valence-electron chi connectivity index (χ4n) is 2.65. The van der Waals surface area contributed by atoms with Gasteiger partial charge in [0.05, 0.1) is 23.8 Å². The molecule has 0 amide bonds. The molecular formula is C13H17N5O3S. The lowest BCUT2D eigenvalue weighted by atomic mass is 10.1. The van der Waals surface area contributed by atoms with Gasteiger partial charge in [-0.1, -0.05) is 18.7 Å². The van der Waals surface area contributed by atoms with E-state index in [1.807, 2.05) is 6.92 Å². The summed E-state index contributed by atoms with van der Waals surface area (Å²) in [6.07, 6.45) is 1.95. The number of nitrogens with zero attached hydrogens (tertiary/aromatic N) is 4. The van der Waals surface area contributed by atoms with E-state index < -0.39 is 17.6 Å². The van der Waals surface area contributed by atoms with E-state index in [4.69, 9.17) is 10.5 Å². The fraction of sp³-hybridized carbons (Fsp3) is 0.538. The molecule has 1 aliphatic rings. The number of hydrogen-bond acceptors (Lipinski definition) is 8. The molecule has 1 saturated heterocycles. The molecule has 9 heteroatoms. The highest BCUT2D eigenvalue weighted by Crippen LogP contribution is 2.40. The number of aromatic nitrogens is 4. The number of nitrogen functional groups attached to an aromatic ring is 1. The maximum Gasteiger partial charge on any atom is 0.186 e. The third-order valence-corrected chi connectivity index (χ3v) is 4.79. The quantitative estimate of drug-likeness (QED) is 0.849. The molecule has 3 N–H and O–H groups in total. The van der Waals surface area contributed by atoms with Crippen molar-refractivity contribution in [3.8, 4) is 0 Å². The summed E-state index contributed by atoms with van der Waals surface area (Å²) in [6.45, 7) is 3.40. The number of hydrogen-bond donors (Lipinski definition) is 2. The minimum absolute atomic E-state index is 0.0760. The SMILES string of the molecule is CC[C@H]1O[C@@H](n2cnc3c(N)ncnc32)C(SC(C)=O)[C@H]1O. The largest absolute Gasteiger partial charge is 0.389 e. The van der Waals surface area contributed by atoms with Crippen LogP contribution < -0.4 is 5.73 Å². The van der Waals surface area contributed by atoms with Crippen LogP contribution in [0.15, 0.2) is 12.7 Å². The van der Waals surface area contributed by atoms with Crippen LogP contribution in [-0.4, -0.2) is 47.2 Å². The molecule has 0 saturated carbocycles.